The molecule has 0 aromatic heterocycles. The summed E-state index contributed by atoms with van der Waals surface area (Å²) in [6.07, 6.45) is 1.83. The van der Waals surface area contributed by atoms with Crippen LogP contribution < -0.4 is 10.6 Å². The zero-order valence-corrected chi connectivity index (χ0v) is 18.8. The molecular weight excluding hydrogens is 563 g/mol. The monoisotopic (exact) mass is 572 g/mol. The third-order valence-corrected chi connectivity index (χ3v) is 7.91. The van der Waals surface area contributed by atoms with Crippen LogP contribution in [0.25, 0.3) is 0 Å². The van der Waals surface area contributed by atoms with Crippen molar-refractivity contribution < 1.29 is 10.2 Å². The van der Waals surface area contributed by atoms with Crippen molar-refractivity contribution in [2.75, 3.05) is 6.16 Å². The van der Waals surface area contributed by atoms with Gasteiger partial charge in [-0.3, -0.25) is 0 Å². The van der Waals surface area contributed by atoms with Crippen molar-refractivity contribution in [2.45, 2.75) is 13.3 Å². The molecule has 0 saturated carbocycles. The summed E-state index contributed by atoms with van der Waals surface area (Å²) in [5, 5.41) is 22.6. The zero-order valence-electron chi connectivity index (χ0n) is 11.6. The average Bonchev–Trinajstić information content (AvgIpc) is 2.44. The smallest absolute Gasteiger partial charge is 0.137 e. The molecule has 2 aromatic carbocycles. The summed E-state index contributed by atoms with van der Waals surface area (Å²) in [6.45, 7) is 2.10. The molecule has 0 radical (unpaired) electrons. The lowest BCUT2D eigenvalue weighted by molar-refractivity contribution is 0.475. The van der Waals surface area contributed by atoms with E-state index in [1.807, 2.05) is 24.3 Å². The molecule has 0 fully saturated rings. The van der Waals surface area contributed by atoms with Gasteiger partial charge in [-0.25, -0.2) is 0 Å². The molecule has 2 nitrogen and oxygen atoms in total. The van der Waals surface area contributed by atoms with E-state index < -0.39 is 7.92 Å². The Kier molecular flexibility index (Phi) is 6.79. The molecule has 118 valence electrons. The summed E-state index contributed by atoms with van der Waals surface area (Å²) >= 11 is 13.7. The van der Waals surface area contributed by atoms with Crippen LogP contribution in [0.3, 0.4) is 0 Å². The number of aromatic hydroxyl groups is 2. The van der Waals surface area contributed by atoms with Gasteiger partial charge in [-0.2, -0.15) is 0 Å². The minimum Gasteiger partial charge on any atom is -0.506 e. The Bertz CT molecular complexity index is 649. The molecule has 0 aliphatic carbocycles. The Hall–Kier alpha value is 0.390. The van der Waals surface area contributed by atoms with Crippen LogP contribution in [0.4, 0.5) is 0 Å². The molecule has 0 amide bonds. The molecule has 0 aliphatic rings. The highest BCUT2D eigenvalue weighted by atomic mass is 79.9. The molecule has 7 heteroatoms. The predicted molar refractivity (Wildman–Crippen MR) is 108 cm³/mol. The van der Waals surface area contributed by atoms with E-state index in [0.717, 1.165) is 32.1 Å². The zero-order chi connectivity index (χ0) is 16.4. The maximum Gasteiger partial charge on any atom is 0.137 e. The van der Waals surface area contributed by atoms with E-state index >= 15 is 0 Å². The molecule has 2 aromatic rings. The number of phenols is 2. The first-order chi connectivity index (χ1) is 10.3. The van der Waals surface area contributed by atoms with E-state index in [1.165, 1.54) is 0 Å². The quantitative estimate of drug-likeness (QED) is 0.440. The fourth-order valence-corrected chi connectivity index (χ4v) is 7.75. The van der Waals surface area contributed by atoms with Gasteiger partial charge in [-0.15, -0.1) is 0 Å². The highest BCUT2D eigenvalue weighted by Crippen LogP contribution is 2.45. The molecule has 22 heavy (non-hydrogen) atoms. The van der Waals surface area contributed by atoms with Crippen LogP contribution >= 0.6 is 71.6 Å². The van der Waals surface area contributed by atoms with Crippen LogP contribution in [-0.4, -0.2) is 16.4 Å². The molecule has 0 atom stereocenters. The Morgan fingerprint density at radius 1 is 0.818 bits per heavy atom. The highest BCUT2D eigenvalue weighted by Gasteiger charge is 2.23. The summed E-state index contributed by atoms with van der Waals surface area (Å²) in [7, 11) is -0.877. The Labute approximate surface area is 164 Å². The summed E-state index contributed by atoms with van der Waals surface area (Å²) in [4.78, 5) is 0. The van der Waals surface area contributed by atoms with Crippen LogP contribution in [0.5, 0.6) is 11.5 Å². The molecular formula is C15H13Br4O2P. The van der Waals surface area contributed by atoms with Gasteiger partial charge in [-0.1, -0.05) is 45.2 Å². The number of hydrogen-bond donors (Lipinski definition) is 2. The molecule has 0 aliphatic heterocycles. The summed E-state index contributed by atoms with van der Waals surface area (Å²) in [5.41, 5.74) is 0. The fraction of sp³-hybridized carbons (Fsp3) is 0.200. The second-order valence-corrected chi connectivity index (χ2v) is 10.5. The van der Waals surface area contributed by atoms with Gasteiger partial charge in [0.2, 0.25) is 0 Å². The number of rotatable bonds is 4. The van der Waals surface area contributed by atoms with E-state index in [0.29, 0.717) is 8.95 Å². The van der Waals surface area contributed by atoms with E-state index in [4.69, 9.17) is 0 Å². The topological polar surface area (TPSA) is 40.5 Å². The Morgan fingerprint density at radius 2 is 1.23 bits per heavy atom. The summed E-state index contributed by atoms with van der Waals surface area (Å²) in [6, 6.07) is 7.48. The third kappa shape index (κ3) is 4.07. The van der Waals surface area contributed by atoms with Crippen molar-refractivity contribution in [3.63, 3.8) is 0 Å². The van der Waals surface area contributed by atoms with Gasteiger partial charge in [0.05, 0.1) is 8.95 Å². The van der Waals surface area contributed by atoms with Gasteiger partial charge in [0.15, 0.2) is 0 Å². The summed E-state index contributed by atoms with van der Waals surface area (Å²) in [5.74, 6) is 0.469. The fourth-order valence-electron chi connectivity index (χ4n) is 2.11. The van der Waals surface area contributed by atoms with Crippen LogP contribution in [0, 0.1) is 0 Å². The van der Waals surface area contributed by atoms with Crippen molar-refractivity contribution in [1.29, 1.82) is 0 Å². The van der Waals surface area contributed by atoms with E-state index in [2.05, 4.69) is 70.6 Å². The maximum absolute atomic E-state index is 10.5. The number of hydrogen-bond acceptors (Lipinski definition) is 2. The predicted octanol–water partition coefficient (Wildman–Crippen LogP) is 5.99. The second kappa shape index (κ2) is 7.98. The summed E-state index contributed by atoms with van der Waals surface area (Å²) < 4.78 is 3.08. The largest absolute Gasteiger partial charge is 0.506 e. The van der Waals surface area contributed by atoms with E-state index in [-0.39, 0.29) is 11.5 Å². The first-order valence-corrected chi connectivity index (χ1v) is 11.2. The lowest BCUT2D eigenvalue weighted by atomic mass is 10.3. The molecule has 0 bridgehead atoms. The highest BCUT2D eigenvalue weighted by molar-refractivity contribution is 9.11. The lowest BCUT2D eigenvalue weighted by Crippen LogP contribution is -2.16. The van der Waals surface area contributed by atoms with E-state index in [9.17, 15) is 10.2 Å². The first kappa shape index (κ1) is 18.7. The first-order valence-electron chi connectivity index (χ1n) is 6.48. The van der Waals surface area contributed by atoms with Crippen LogP contribution in [0.15, 0.2) is 42.2 Å². The maximum atomic E-state index is 10.5. The van der Waals surface area contributed by atoms with Gasteiger partial charge < -0.3 is 10.2 Å². The number of halogens is 4. The van der Waals surface area contributed by atoms with Gasteiger partial charge in [0, 0.05) is 19.6 Å². The van der Waals surface area contributed by atoms with Gasteiger partial charge in [0.25, 0.3) is 0 Å². The average molecular weight is 576 g/mol. The van der Waals surface area contributed by atoms with Crippen molar-refractivity contribution in [2.24, 2.45) is 0 Å². The van der Waals surface area contributed by atoms with Crippen molar-refractivity contribution >= 4 is 82.3 Å². The Morgan fingerprint density at radius 3 is 1.59 bits per heavy atom. The third-order valence-electron chi connectivity index (χ3n) is 3.04. The molecule has 0 spiro atoms. The normalized spacial score (nSPS) is 11.2. The van der Waals surface area contributed by atoms with Gasteiger partial charge in [0.1, 0.15) is 11.5 Å². The molecule has 0 saturated heterocycles. The number of benzene rings is 2. The van der Waals surface area contributed by atoms with Crippen LogP contribution in [0.1, 0.15) is 13.3 Å². The standard InChI is InChI=1S/C15H13Br4O2P/c1-2-3-22(12-6-8(16)4-10(18)14(12)20)13-7-9(17)5-11(19)15(13)21/h4-7,20-21H,2-3H2,1H3. The SMILES string of the molecule is CCCP(c1cc(Br)cc(Br)c1O)c1cc(Br)cc(Br)c1O. The molecule has 2 N–H and O–H groups in total. The minimum atomic E-state index is -0.877. The molecule has 0 unspecified atom stereocenters. The number of phenolic OH excluding ortho intramolecular Hbond substituents is 2. The minimum absolute atomic E-state index is 0.234. The van der Waals surface area contributed by atoms with Gasteiger partial charge in [-0.05, 0) is 70.2 Å². The van der Waals surface area contributed by atoms with Crippen LogP contribution in [0.2, 0.25) is 0 Å². The molecule has 0 heterocycles. The lowest BCUT2D eigenvalue weighted by Gasteiger charge is -2.22. The second-order valence-electron chi connectivity index (χ2n) is 4.66. The van der Waals surface area contributed by atoms with Gasteiger partial charge >= 0.3 is 0 Å². The van der Waals surface area contributed by atoms with Crippen molar-refractivity contribution in [1.82, 2.24) is 0 Å². The van der Waals surface area contributed by atoms with Crippen molar-refractivity contribution in [3.8, 4) is 11.5 Å². The Balaban J connectivity index is 2.66. The molecule has 2 rings (SSSR count). The van der Waals surface area contributed by atoms with Crippen LogP contribution in [-0.2, 0) is 0 Å². The van der Waals surface area contributed by atoms with E-state index in [1.54, 1.807) is 0 Å². The van der Waals surface area contributed by atoms with Crippen molar-refractivity contribution in [3.05, 3.63) is 42.2 Å².